The first-order chi connectivity index (χ1) is 14.0. The number of halogens is 1. The van der Waals surface area contributed by atoms with E-state index in [1.54, 1.807) is 6.07 Å². The zero-order valence-corrected chi connectivity index (χ0v) is 17.4. The molecule has 2 fully saturated rings. The van der Waals surface area contributed by atoms with Crippen molar-refractivity contribution in [2.24, 2.45) is 0 Å². The number of piperazine rings is 1. The molecule has 0 N–H and O–H groups in total. The molecule has 2 aliphatic heterocycles. The minimum absolute atomic E-state index is 0.0950. The van der Waals surface area contributed by atoms with Crippen LogP contribution in [0.4, 0.5) is 4.79 Å². The summed E-state index contributed by atoms with van der Waals surface area (Å²) in [4.78, 5) is 30.7. The Bertz CT molecular complexity index is 947. The molecule has 0 radical (unpaired) electrons. The molecule has 4 rings (SSSR count). The highest BCUT2D eigenvalue weighted by molar-refractivity contribution is 6.32. The second kappa shape index (κ2) is 8.73. The van der Waals surface area contributed by atoms with Gasteiger partial charge < -0.3 is 19.0 Å². The summed E-state index contributed by atoms with van der Waals surface area (Å²) in [7, 11) is 0. The molecule has 2 aliphatic rings. The summed E-state index contributed by atoms with van der Waals surface area (Å²) >= 11 is 6.39. The number of fused-ring (bicyclic) bond motifs is 1. The number of aryl methyl sites for hydroxylation is 1. The quantitative estimate of drug-likeness (QED) is 0.715. The monoisotopic (exact) mass is 419 g/mol. The van der Waals surface area contributed by atoms with Crippen LogP contribution < -0.4 is 5.63 Å². The van der Waals surface area contributed by atoms with Crippen molar-refractivity contribution in [3.8, 4) is 0 Å². The van der Waals surface area contributed by atoms with Gasteiger partial charge in [-0.1, -0.05) is 18.5 Å². The van der Waals surface area contributed by atoms with Gasteiger partial charge in [-0.2, -0.15) is 0 Å². The lowest BCUT2D eigenvalue weighted by Crippen LogP contribution is -2.54. The molecular formula is C21H26ClN3O4. The minimum Gasteiger partial charge on any atom is -0.423 e. The molecule has 0 atom stereocenters. The van der Waals surface area contributed by atoms with E-state index in [-0.39, 0.29) is 11.7 Å². The number of amides is 2. The average molecular weight is 420 g/mol. The minimum atomic E-state index is -0.349. The molecule has 2 saturated heterocycles. The normalized spacial score (nSPS) is 18.4. The SMILES string of the molecule is CCc1cc2oc(=O)cc(CN3CCN(C(=O)N4CCOCC4)CC3)c2cc1Cl. The summed E-state index contributed by atoms with van der Waals surface area (Å²) in [5.74, 6) is 0. The largest absolute Gasteiger partial charge is 0.423 e. The Kier molecular flexibility index (Phi) is 6.08. The fourth-order valence-corrected chi connectivity index (χ4v) is 4.28. The lowest BCUT2D eigenvalue weighted by atomic mass is 10.1. The Labute approximate surface area is 174 Å². The third-order valence-corrected chi connectivity index (χ3v) is 6.05. The Hall–Kier alpha value is -2.09. The molecule has 1 aromatic heterocycles. The Morgan fingerprint density at radius 3 is 2.38 bits per heavy atom. The van der Waals surface area contributed by atoms with Crippen molar-refractivity contribution in [1.29, 1.82) is 0 Å². The molecule has 7 nitrogen and oxygen atoms in total. The zero-order chi connectivity index (χ0) is 20.4. The van der Waals surface area contributed by atoms with Gasteiger partial charge in [0.1, 0.15) is 5.58 Å². The highest BCUT2D eigenvalue weighted by atomic mass is 35.5. The highest BCUT2D eigenvalue weighted by Gasteiger charge is 2.26. The van der Waals surface area contributed by atoms with Crippen molar-refractivity contribution in [1.82, 2.24) is 14.7 Å². The maximum atomic E-state index is 12.6. The average Bonchev–Trinajstić information content (AvgIpc) is 2.74. The molecule has 2 amide bonds. The van der Waals surface area contributed by atoms with E-state index >= 15 is 0 Å². The van der Waals surface area contributed by atoms with E-state index in [2.05, 4.69) is 4.90 Å². The number of rotatable bonds is 3. The number of hydrogen-bond donors (Lipinski definition) is 0. The fraction of sp³-hybridized carbons (Fsp3) is 0.524. The molecule has 156 valence electrons. The van der Waals surface area contributed by atoms with Crippen molar-refractivity contribution >= 4 is 28.6 Å². The predicted octanol–water partition coefficient (Wildman–Crippen LogP) is 2.58. The molecule has 0 unspecified atom stereocenters. The van der Waals surface area contributed by atoms with Crippen LogP contribution in [0.1, 0.15) is 18.1 Å². The van der Waals surface area contributed by atoms with Gasteiger partial charge in [0, 0.05) is 62.3 Å². The van der Waals surface area contributed by atoms with E-state index in [4.69, 9.17) is 20.8 Å². The van der Waals surface area contributed by atoms with Gasteiger partial charge in [-0.25, -0.2) is 9.59 Å². The molecule has 3 heterocycles. The summed E-state index contributed by atoms with van der Waals surface area (Å²) in [5.41, 5.74) is 2.11. The first kappa shape index (κ1) is 20.2. The Balaban J connectivity index is 1.45. The number of carbonyl (C=O) groups excluding carboxylic acids is 1. The summed E-state index contributed by atoms with van der Waals surface area (Å²) < 4.78 is 10.7. The van der Waals surface area contributed by atoms with Crippen LogP contribution >= 0.6 is 11.6 Å². The molecule has 0 aliphatic carbocycles. The smallest absolute Gasteiger partial charge is 0.336 e. The summed E-state index contributed by atoms with van der Waals surface area (Å²) in [6.07, 6.45) is 0.780. The Morgan fingerprint density at radius 1 is 1.00 bits per heavy atom. The fourth-order valence-electron chi connectivity index (χ4n) is 3.98. The standard InChI is InChI=1S/C21H26ClN3O4/c1-2-15-11-19-17(13-18(15)22)16(12-20(26)29-19)14-23-3-5-24(6-4-23)21(27)25-7-9-28-10-8-25/h11-13H,2-10,14H2,1H3. The van der Waals surface area contributed by atoms with E-state index in [0.717, 1.165) is 36.0 Å². The third kappa shape index (κ3) is 4.42. The zero-order valence-electron chi connectivity index (χ0n) is 16.7. The predicted molar refractivity (Wildman–Crippen MR) is 112 cm³/mol. The van der Waals surface area contributed by atoms with E-state index < -0.39 is 0 Å². The number of hydrogen-bond acceptors (Lipinski definition) is 5. The van der Waals surface area contributed by atoms with Crippen LogP contribution in [-0.4, -0.2) is 73.2 Å². The van der Waals surface area contributed by atoms with E-state index in [0.29, 0.717) is 56.5 Å². The summed E-state index contributed by atoms with van der Waals surface area (Å²) in [6, 6.07) is 5.40. The molecule has 0 spiro atoms. The van der Waals surface area contributed by atoms with Crippen molar-refractivity contribution in [3.63, 3.8) is 0 Å². The van der Waals surface area contributed by atoms with Crippen molar-refractivity contribution in [2.75, 3.05) is 52.5 Å². The van der Waals surface area contributed by atoms with Crippen LogP contribution in [0.5, 0.6) is 0 Å². The van der Waals surface area contributed by atoms with Crippen molar-refractivity contribution < 1.29 is 13.9 Å². The molecule has 1 aromatic carbocycles. The maximum absolute atomic E-state index is 12.6. The number of nitrogens with zero attached hydrogens (tertiary/aromatic N) is 3. The van der Waals surface area contributed by atoms with Gasteiger partial charge >= 0.3 is 11.7 Å². The number of carbonyl (C=O) groups is 1. The number of morpholine rings is 1. The molecular weight excluding hydrogens is 394 g/mol. The molecule has 0 bridgehead atoms. The third-order valence-electron chi connectivity index (χ3n) is 5.70. The van der Waals surface area contributed by atoms with Crippen molar-refractivity contribution in [2.45, 2.75) is 19.9 Å². The Morgan fingerprint density at radius 2 is 1.69 bits per heavy atom. The van der Waals surface area contributed by atoms with Crippen molar-refractivity contribution in [3.05, 3.63) is 44.8 Å². The maximum Gasteiger partial charge on any atom is 0.336 e. The van der Waals surface area contributed by atoms with E-state index in [9.17, 15) is 9.59 Å². The second-order valence-corrected chi connectivity index (χ2v) is 7.94. The van der Waals surface area contributed by atoms with Gasteiger partial charge in [0.05, 0.1) is 13.2 Å². The highest BCUT2D eigenvalue weighted by Crippen LogP contribution is 2.27. The molecule has 2 aromatic rings. The summed E-state index contributed by atoms with van der Waals surface area (Å²) in [6.45, 7) is 8.06. The van der Waals surface area contributed by atoms with Gasteiger partial charge in [0.2, 0.25) is 0 Å². The van der Waals surface area contributed by atoms with Crippen LogP contribution in [0.2, 0.25) is 5.02 Å². The first-order valence-corrected chi connectivity index (χ1v) is 10.5. The van der Waals surface area contributed by atoms with Gasteiger partial charge in [-0.15, -0.1) is 0 Å². The lowest BCUT2D eigenvalue weighted by molar-refractivity contribution is 0.0373. The van der Waals surface area contributed by atoms with Crippen LogP contribution in [0.3, 0.4) is 0 Å². The number of ether oxygens (including phenoxy) is 1. The van der Waals surface area contributed by atoms with Gasteiger partial charge in [-0.05, 0) is 29.7 Å². The van der Waals surface area contributed by atoms with Gasteiger partial charge in [0.25, 0.3) is 0 Å². The second-order valence-electron chi connectivity index (χ2n) is 7.53. The van der Waals surface area contributed by atoms with Crippen LogP contribution in [0.15, 0.2) is 27.4 Å². The molecule has 29 heavy (non-hydrogen) atoms. The van der Waals surface area contributed by atoms with Crippen LogP contribution in [0, 0.1) is 0 Å². The van der Waals surface area contributed by atoms with E-state index in [1.165, 1.54) is 0 Å². The lowest BCUT2D eigenvalue weighted by Gasteiger charge is -2.38. The number of urea groups is 1. The summed E-state index contributed by atoms with van der Waals surface area (Å²) in [5, 5.41) is 1.56. The van der Waals surface area contributed by atoms with Gasteiger partial charge in [0.15, 0.2) is 0 Å². The number of benzene rings is 1. The first-order valence-electron chi connectivity index (χ1n) is 10.1. The van der Waals surface area contributed by atoms with Crippen LogP contribution in [0.25, 0.3) is 11.0 Å². The van der Waals surface area contributed by atoms with Gasteiger partial charge in [-0.3, -0.25) is 4.90 Å². The topological polar surface area (TPSA) is 66.2 Å². The molecule has 0 saturated carbocycles. The van der Waals surface area contributed by atoms with E-state index in [1.807, 2.05) is 28.9 Å². The molecule has 8 heteroatoms. The van der Waals surface area contributed by atoms with Crippen LogP contribution in [-0.2, 0) is 17.7 Å².